The highest BCUT2D eigenvalue weighted by Crippen LogP contribution is 2.38. The molecule has 0 saturated heterocycles. The van der Waals surface area contributed by atoms with Crippen molar-refractivity contribution in [3.8, 4) is 10.4 Å². The average Bonchev–Trinajstić information content (AvgIpc) is 2.87. The predicted molar refractivity (Wildman–Crippen MR) is 70.7 cm³/mol. The molecule has 2 aromatic rings. The van der Waals surface area contributed by atoms with Crippen molar-refractivity contribution in [2.45, 2.75) is 12.2 Å². The molecule has 19 heavy (non-hydrogen) atoms. The summed E-state index contributed by atoms with van der Waals surface area (Å²) in [6, 6.07) is 9.43. The Labute approximate surface area is 112 Å². The van der Waals surface area contributed by atoms with Gasteiger partial charge in [-0.25, -0.2) is 0 Å². The van der Waals surface area contributed by atoms with E-state index in [0.29, 0.717) is 11.4 Å². The van der Waals surface area contributed by atoms with E-state index in [9.17, 15) is 13.2 Å². The van der Waals surface area contributed by atoms with Gasteiger partial charge in [0.15, 0.2) is 0 Å². The van der Waals surface area contributed by atoms with Crippen molar-refractivity contribution < 1.29 is 13.2 Å². The quantitative estimate of drug-likeness (QED) is 0.908. The zero-order valence-electron chi connectivity index (χ0n) is 9.95. The van der Waals surface area contributed by atoms with Crippen molar-refractivity contribution in [2.75, 3.05) is 6.54 Å². The first kappa shape index (κ1) is 14.0. The van der Waals surface area contributed by atoms with E-state index in [1.54, 1.807) is 24.3 Å². The molecule has 2 nitrogen and oxygen atoms in total. The van der Waals surface area contributed by atoms with Crippen LogP contribution in [-0.4, -0.2) is 6.54 Å². The number of hydrogen-bond acceptors (Lipinski definition) is 3. The number of rotatable bonds is 3. The zero-order chi connectivity index (χ0) is 14.0. The molecule has 0 radical (unpaired) electrons. The van der Waals surface area contributed by atoms with Crippen molar-refractivity contribution in [3.63, 3.8) is 0 Å². The van der Waals surface area contributed by atoms with Crippen molar-refractivity contribution >= 4 is 11.3 Å². The fourth-order valence-electron chi connectivity index (χ4n) is 1.68. The lowest BCUT2D eigenvalue weighted by Gasteiger charge is -2.09. The van der Waals surface area contributed by atoms with E-state index in [-0.39, 0.29) is 6.04 Å². The smallest absolute Gasteiger partial charge is 0.329 e. The molecule has 2 rings (SSSR count). The van der Waals surface area contributed by atoms with Gasteiger partial charge in [0.1, 0.15) is 4.88 Å². The van der Waals surface area contributed by atoms with Crippen LogP contribution in [0.25, 0.3) is 10.4 Å². The highest BCUT2D eigenvalue weighted by Gasteiger charge is 2.32. The lowest BCUT2D eigenvalue weighted by atomic mass is 10.1. The van der Waals surface area contributed by atoms with E-state index in [4.69, 9.17) is 11.5 Å². The third-order valence-corrected chi connectivity index (χ3v) is 3.94. The molecule has 1 heterocycles. The Morgan fingerprint density at radius 1 is 1.05 bits per heavy atom. The molecule has 1 aromatic carbocycles. The first-order valence-electron chi connectivity index (χ1n) is 5.65. The summed E-state index contributed by atoms with van der Waals surface area (Å²) < 4.78 is 37.5. The van der Waals surface area contributed by atoms with Gasteiger partial charge in [0.25, 0.3) is 0 Å². The van der Waals surface area contributed by atoms with Crippen molar-refractivity contribution in [3.05, 3.63) is 46.8 Å². The first-order chi connectivity index (χ1) is 8.91. The van der Waals surface area contributed by atoms with Crippen molar-refractivity contribution in [1.29, 1.82) is 0 Å². The van der Waals surface area contributed by atoms with Crippen LogP contribution in [0.4, 0.5) is 13.2 Å². The SMILES string of the molecule is NCC(N)c1ccc(-c2ccc(C(F)(F)F)s2)cc1. The van der Waals surface area contributed by atoms with E-state index in [0.717, 1.165) is 28.5 Å². The van der Waals surface area contributed by atoms with Gasteiger partial charge in [0, 0.05) is 17.5 Å². The normalized spacial score (nSPS) is 13.5. The lowest BCUT2D eigenvalue weighted by Crippen LogP contribution is -2.20. The van der Waals surface area contributed by atoms with E-state index in [1.165, 1.54) is 6.07 Å². The summed E-state index contributed by atoms with van der Waals surface area (Å²) in [6.07, 6.45) is -4.29. The molecule has 0 bridgehead atoms. The monoisotopic (exact) mass is 286 g/mol. The summed E-state index contributed by atoms with van der Waals surface area (Å²) in [7, 11) is 0. The van der Waals surface area contributed by atoms with Crippen LogP contribution < -0.4 is 11.5 Å². The molecule has 1 aromatic heterocycles. The van der Waals surface area contributed by atoms with Crippen LogP contribution in [0, 0.1) is 0 Å². The van der Waals surface area contributed by atoms with Gasteiger partial charge in [-0.1, -0.05) is 24.3 Å². The maximum absolute atomic E-state index is 12.5. The number of thiophene rings is 1. The van der Waals surface area contributed by atoms with Crippen LogP contribution in [0.2, 0.25) is 0 Å². The maximum atomic E-state index is 12.5. The summed E-state index contributed by atoms with van der Waals surface area (Å²) >= 11 is 0.732. The Bertz CT molecular complexity index is 546. The number of nitrogens with two attached hydrogens (primary N) is 2. The fourth-order valence-corrected chi connectivity index (χ4v) is 2.55. The van der Waals surface area contributed by atoms with Crippen LogP contribution in [0.1, 0.15) is 16.5 Å². The largest absolute Gasteiger partial charge is 0.425 e. The molecule has 0 amide bonds. The topological polar surface area (TPSA) is 52.0 Å². The molecular weight excluding hydrogens is 273 g/mol. The Morgan fingerprint density at radius 2 is 1.68 bits per heavy atom. The number of alkyl halides is 3. The third-order valence-electron chi connectivity index (χ3n) is 2.76. The van der Waals surface area contributed by atoms with Crippen LogP contribution in [-0.2, 0) is 6.18 Å². The summed E-state index contributed by atoms with van der Waals surface area (Å²) in [5, 5.41) is 0. The molecule has 1 atom stereocenters. The molecule has 1 unspecified atom stereocenters. The molecule has 0 fully saturated rings. The van der Waals surface area contributed by atoms with E-state index >= 15 is 0 Å². The first-order valence-corrected chi connectivity index (χ1v) is 6.46. The van der Waals surface area contributed by atoms with E-state index in [2.05, 4.69) is 0 Å². The molecule has 0 aliphatic carbocycles. The fraction of sp³-hybridized carbons (Fsp3) is 0.231. The van der Waals surface area contributed by atoms with Gasteiger partial charge < -0.3 is 11.5 Å². The van der Waals surface area contributed by atoms with Crippen molar-refractivity contribution in [2.24, 2.45) is 11.5 Å². The van der Waals surface area contributed by atoms with Crippen LogP contribution in [0.15, 0.2) is 36.4 Å². The van der Waals surface area contributed by atoms with Crippen LogP contribution in [0.5, 0.6) is 0 Å². The van der Waals surface area contributed by atoms with Gasteiger partial charge in [-0.15, -0.1) is 11.3 Å². The number of halogens is 3. The van der Waals surface area contributed by atoms with Gasteiger partial charge in [0.05, 0.1) is 0 Å². The lowest BCUT2D eigenvalue weighted by molar-refractivity contribution is -0.134. The molecular formula is C13H13F3N2S. The molecule has 0 saturated carbocycles. The van der Waals surface area contributed by atoms with Gasteiger partial charge >= 0.3 is 6.18 Å². The summed E-state index contributed by atoms with van der Waals surface area (Å²) in [5.74, 6) is 0. The Morgan fingerprint density at radius 3 is 2.16 bits per heavy atom. The number of hydrogen-bond donors (Lipinski definition) is 2. The minimum absolute atomic E-state index is 0.247. The summed E-state index contributed by atoms with van der Waals surface area (Å²) in [4.78, 5) is -0.00886. The zero-order valence-corrected chi connectivity index (χ0v) is 10.8. The molecule has 0 spiro atoms. The number of benzene rings is 1. The molecule has 4 N–H and O–H groups in total. The van der Waals surface area contributed by atoms with Crippen molar-refractivity contribution in [1.82, 2.24) is 0 Å². The standard InChI is InChI=1S/C13H13F3N2S/c14-13(15,16)12-6-5-11(19-12)9-3-1-8(2-4-9)10(18)7-17/h1-6,10H,7,17-18H2. The van der Waals surface area contributed by atoms with Gasteiger partial charge in [-0.05, 0) is 23.3 Å². The second kappa shape index (κ2) is 5.32. The Balaban J connectivity index is 2.25. The van der Waals surface area contributed by atoms with Gasteiger partial charge in [-0.3, -0.25) is 0 Å². The highest BCUT2D eigenvalue weighted by atomic mass is 32.1. The average molecular weight is 286 g/mol. The van der Waals surface area contributed by atoms with E-state index in [1.807, 2.05) is 0 Å². The minimum atomic E-state index is -4.29. The molecule has 102 valence electrons. The Hall–Kier alpha value is -1.37. The summed E-state index contributed by atoms with van der Waals surface area (Å²) in [5.41, 5.74) is 12.8. The Kier molecular flexibility index (Phi) is 3.93. The third kappa shape index (κ3) is 3.15. The van der Waals surface area contributed by atoms with E-state index < -0.39 is 11.1 Å². The predicted octanol–water partition coefficient (Wildman–Crippen LogP) is 3.39. The second-order valence-electron chi connectivity index (χ2n) is 4.13. The molecule has 6 heteroatoms. The minimum Gasteiger partial charge on any atom is -0.329 e. The van der Waals surface area contributed by atoms with Crippen LogP contribution >= 0.6 is 11.3 Å². The van der Waals surface area contributed by atoms with Crippen LogP contribution in [0.3, 0.4) is 0 Å². The summed E-state index contributed by atoms with van der Waals surface area (Å²) in [6.45, 7) is 0.330. The van der Waals surface area contributed by atoms with Gasteiger partial charge in [-0.2, -0.15) is 13.2 Å². The second-order valence-corrected chi connectivity index (χ2v) is 5.21. The maximum Gasteiger partial charge on any atom is 0.425 e. The van der Waals surface area contributed by atoms with Gasteiger partial charge in [0.2, 0.25) is 0 Å². The molecule has 0 aliphatic rings. The highest BCUT2D eigenvalue weighted by molar-refractivity contribution is 7.15. The molecule has 0 aliphatic heterocycles.